The molecule has 16 heavy (non-hydrogen) atoms. The van der Waals surface area contributed by atoms with Crippen molar-refractivity contribution in [3.8, 4) is 0 Å². The number of likely N-dealkylation sites (tertiary alicyclic amines) is 1. The summed E-state index contributed by atoms with van der Waals surface area (Å²) in [7, 11) is 1.89. The lowest BCUT2D eigenvalue weighted by molar-refractivity contribution is -0.139. The van der Waals surface area contributed by atoms with Gasteiger partial charge in [0.2, 0.25) is 5.91 Å². The highest BCUT2D eigenvalue weighted by Gasteiger charge is 2.30. The van der Waals surface area contributed by atoms with Crippen molar-refractivity contribution >= 4 is 18.3 Å². The van der Waals surface area contributed by atoms with Gasteiger partial charge in [0.25, 0.3) is 0 Å². The van der Waals surface area contributed by atoms with Crippen LogP contribution in [0.25, 0.3) is 0 Å². The van der Waals surface area contributed by atoms with Gasteiger partial charge in [-0.15, -0.1) is 12.4 Å². The van der Waals surface area contributed by atoms with E-state index in [0.29, 0.717) is 17.9 Å². The Balaban J connectivity index is 0.00000225. The van der Waals surface area contributed by atoms with Crippen molar-refractivity contribution in [1.82, 2.24) is 10.2 Å². The van der Waals surface area contributed by atoms with E-state index < -0.39 is 0 Å². The molecule has 1 aliphatic rings. The van der Waals surface area contributed by atoms with Crippen LogP contribution in [0.4, 0.5) is 0 Å². The van der Waals surface area contributed by atoms with E-state index in [2.05, 4.69) is 24.1 Å². The second-order valence-corrected chi connectivity index (χ2v) is 4.85. The highest BCUT2D eigenvalue weighted by molar-refractivity contribution is 5.85. The summed E-state index contributed by atoms with van der Waals surface area (Å²) in [6.07, 6.45) is 2.41. The summed E-state index contributed by atoms with van der Waals surface area (Å²) < 4.78 is 0. The molecule has 3 atom stereocenters. The Morgan fingerprint density at radius 3 is 2.69 bits per heavy atom. The van der Waals surface area contributed by atoms with E-state index in [-0.39, 0.29) is 18.3 Å². The van der Waals surface area contributed by atoms with Gasteiger partial charge >= 0.3 is 0 Å². The molecular formula is C12H25ClN2O. The summed E-state index contributed by atoms with van der Waals surface area (Å²) in [5.74, 6) is 1.05. The Bertz CT molecular complexity index is 223. The van der Waals surface area contributed by atoms with Gasteiger partial charge in [-0.2, -0.15) is 0 Å². The number of hydrogen-bond donors (Lipinski definition) is 1. The topological polar surface area (TPSA) is 32.3 Å². The van der Waals surface area contributed by atoms with Gasteiger partial charge in [-0.3, -0.25) is 4.79 Å². The van der Waals surface area contributed by atoms with Gasteiger partial charge < -0.3 is 10.2 Å². The monoisotopic (exact) mass is 248 g/mol. The Kier molecular flexibility index (Phi) is 7.00. The van der Waals surface area contributed by atoms with Gasteiger partial charge in [0.15, 0.2) is 0 Å². The second-order valence-electron chi connectivity index (χ2n) is 4.85. The Labute approximate surface area is 105 Å². The van der Waals surface area contributed by atoms with Crippen LogP contribution in [0, 0.1) is 11.8 Å². The summed E-state index contributed by atoms with van der Waals surface area (Å²) in [6, 6.07) is 0.408. The molecule has 1 heterocycles. The Morgan fingerprint density at radius 2 is 2.12 bits per heavy atom. The molecule has 0 aromatic heterocycles. The quantitative estimate of drug-likeness (QED) is 0.828. The summed E-state index contributed by atoms with van der Waals surface area (Å²) in [5.41, 5.74) is 0. The van der Waals surface area contributed by atoms with Crippen LogP contribution in [0.1, 0.15) is 33.6 Å². The molecule has 96 valence electrons. The molecule has 3 unspecified atom stereocenters. The minimum absolute atomic E-state index is 0. The summed E-state index contributed by atoms with van der Waals surface area (Å²) >= 11 is 0. The Hall–Kier alpha value is -0.280. The van der Waals surface area contributed by atoms with Crippen molar-refractivity contribution in [3.05, 3.63) is 0 Å². The lowest BCUT2D eigenvalue weighted by atomic mass is 9.91. The lowest BCUT2D eigenvalue weighted by Gasteiger charge is -2.39. The predicted octanol–water partition coefficient (Wildman–Crippen LogP) is 1.91. The fraction of sp³-hybridized carbons (Fsp3) is 0.917. The molecule has 1 N–H and O–H groups in total. The van der Waals surface area contributed by atoms with E-state index in [1.807, 2.05) is 14.0 Å². The number of amides is 1. The molecule has 1 rings (SSSR count). The molecule has 1 saturated heterocycles. The highest BCUT2D eigenvalue weighted by atomic mass is 35.5. The smallest absolute Gasteiger partial charge is 0.226 e. The van der Waals surface area contributed by atoms with Gasteiger partial charge in [0.1, 0.15) is 0 Å². The van der Waals surface area contributed by atoms with Gasteiger partial charge in [-0.05, 0) is 32.7 Å². The number of piperidine rings is 1. The van der Waals surface area contributed by atoms with E-state index in [1.165, 1.54) is 6.42 Å². The number of halogens is 1. The van der Waals surface area contributed by atoms with Crippen molar-refractivity contribution in [2.24, 2.45) is 11.8 Å². The fourth-order valence-electron chi connectivity index (χ4n) is 2.32. The molecule has 1 amide bonds. The van der Waals surface area contributed by atoms with E-state index in [9.17, 15) is 4.79 Å². The number of nitrogens with zero attached hydrogens (tertiary/aromatic N) is 1. The van der Waals surface area contributed by atoms with Crippen LogP contribution in [0.3, 0.4) is 0 Å². The minimum Gasteiger partial charge on any atom is -0.339 e. The first-order valence-corrected chi connectivity index (χ1v) is 6.03. The highest BCUT2D eigenvalue weighted by Crippen LogP contribution is 2.24. The summed E-state index contributed by atoms with van der Waals surface area (Å²) in [4.78, 5) is 14.2. The minimum atomic E-state index is 0. The second kappa shape index (κ2) is 7.13. The molecule has 0 aromatic rings. The maximum Gasteiger partial charge on any atom is 0.226 e. The number of rotatable bonds is 3. The van der Waals surface area contributed by atoms with Crippen LogP contribution in [0.2, 0.25) is 0 Å². The van der Waals surface area contributed by atoms with Gasteiger partial charge in [0.05, 0.1) is 0 Å². The normalized spacial score (nSPS) is 27.1. The summed E-state index contributed by atoms with van der Waals surface area (Å²) in [5, 5.41) is 3.07. The van der Waals surface area contributed by atoms with Crippen molar-refractivity contribution in [3.63, 3.8) is 0 Å². The number of carbonyl (C=O) groups is 1. The molecule has 0 aromatic carbocycles. The van der Waals surface area contributed by atoms with Crippen LogP contribution in [-0.4, -0.2) is 37.0 Å². The van der Waals surface area contributed by atoms with Crippen molar-refractivity contribution in [2.45, 2.75) is 39.7 Å². The summed E-state index contributed by atoms with van der Waals surface area (Å²) in [6.45, 7) is 8.14. The van der Waals surface area contributed by atoms with Crippen molar-refractivity contribution < 1.29 is 4.79 Å². The molecule has 3 nitrogen and oxygen atoms in total. The number of carbonyl (C=O) groups excluding carboxylic acids is 1. The average molecular weight is 249 g/mol. The third-order valence-electron chi connectivity index (χ3n) is 3.59. The molecule has 0 bridgehead atoms. The molecule has 0 radical (unpaired) electrons. The van der Waals surface area contributed by atoms with Crippen LogP contribution >= 0.6 is 12.4 Å². The van der Waals surface area contributed by atoms with Crippen LogP contribution < -0.4 is 5.32 Å². The first kappa shape index (κ1) is 15.7. The first-order valence-electron chi connectivity index (χ1n) is 6.03. The molecule has 0 saturated carbocycles. The van der Waals surface area contributed by atoms with E-state index in [0.717, 1.165) is 19.5 Å². The van der Waals surface area contributed by atoms with Crippen LogP contribution in [0.5, 0.6) is 0 Å². The molecule has 4 heteroatoms. The molecular weight excluding hydrogens is 224 g/mol. The third-order valence-corrected chi connectivity index (χ3v) is 3.59. The SMILES string of the molecule is CNCC(C)C(=O)N1CCCC(C)C1C.Cl. The zero-order valence-electron chi connectivity index (χ0n) is 10.8. The predicted molar refractivity (Wildman–Crippen MR) is 69.9 cm³/mol. The van der Waals surface area contributed by atoms with Crippen molar-refractivity contribution in [2.75, 3.05) is 20.1 Å². The molecule has 1 fully saturated rings. The van der Waals surface area contributed by atoms with E-state index in [1.54, 1.807) is 0 Å². The van der Waals surface area contributed by atoms with Gasteiger partial charge in [-0.25, -0.2) is 0 Å². The van der Waals surface area contributed by atoms with Gasteiger partial charge in [-0.1, -0.05) is 13.8 Å². The van der Waals surface area contributed by atoms with Crippen LogP contribution in [-0.2, 0) is 4.79 Å². The van der Waals surface area contributed by atoms with Crippen molar-refractivity contribution in [1.29, 1.82) is 0 Å². The number of hydrogen-bond acceptors (Lipinski definition) is 2. The van der Waals surface area contributed by atoms with Gasteiger partial charge in [0, 0.05) is 25.0 Å². The van der Waals surface area contributed by atoms with Crippen LogP contribution in [0.15, 0.2) is 0 Å². The molecule has 1 aliphatic heterocycles. The lowest BCUT2D eigenvalue weighted by Crippen LogP contribution is -2.49. The maximum atomic E-state index is 12.1. The zero-order valence-corrected chi connectivity index (χ0v) is 11.6. The number of nitrogens with one attached hydrogen (secondary N) is 1. The van der Waals surface area contributed by atoms with E-state index in [4.69, 9.17) is 0 Å². The standard InChI is InChI=1S/C12H24N2O.ClH/c1-9-6-5-7-14(11(9)3)12(15)10(2)8-13-4;/h9-11,13H,5-8H2,1-4H3;1H. The maximum absolute atomic E-state index is 12.1. The molecule has 0 aliphatic carbocycles. The third kappa shape index (κ3) is 3.63. The molecule has 0 spiro atoms. The Morgan fingerprint density at radius 1 is 1.50 bits per heavy atom. The average Bonchev–Trinajstić information content (AvgIpc) is 2.21. The largest absolute Gasteiger partial charge is 0.339 e. The fourth-order valence-corrected chi connectivity index (χ4v) is 2.32. The van der Waals surface area contributed by atoms with E-state index >= 15 is 0 Å². The first-order chi connectivity index (χ1) is 7.07. The zero-order chi connectivity index (χ0) is 11.4.